The van der Waals surface area contributed by atoms with Crippen molar-refractivity contribution in [3.63, 3.8) is 0 Å². The number of halogens is 1. The highest BCUT2D eigenvalue weighted by molar-refractivity contribution is 7.99. The molecule has 0 amide bonds. The van der Waals surface area contributed by atoms with Crippen molar-refractivity contribution in [2.24, 2.45) is 0 Å². The van der Waals surface area contributed by atoms with Crippen molar-refractivity contribution in [1.29, 1.82) is 0 Å². The summed E-state index contributed by atoms with van der Waals surface area (Å²) in [4.78, 5) is 5.95. The quantitative estimate of drug-likeness (QED) is 0.795. The van der Waals surface area contributed by atoms with Crippen molar-refractivity contribution in [2.75, 3.05) is 20.3 Å². The average Bonchev–Trinajstić information content (AvgIpc) is 2.47. The predicted octanol–water partition coefficient (Wildman–Crippen LogP) is 3.11. The lowest BCUT2D eigenvalue weighted by Crippen LogP contribution is -2.19. The van der Waals surface area contributed by atoms with Crippen LogP contribution in [0.5, 0.6) is 0 Å². The summed E-state index contributed by atoms with van der Waals surface area (Å²) in [6, 6.07) is 8.98. The fourth-order valence-corrected chi connectivity index (χ4v) is 2.68. The highest BCUT2D eigenvalue weighted by Gasteiger charge is 2.09. The van der Waals surface area contributed by atoms with Crippen molar-refractivity contribution in [3.8, 4) is 0 Å². The Balaban J connectivity index is 2.09. The number of benzene rings is 1. The molecule has 0 saturated carbocycles. The van der Waals surface area contributed by atoms with Crippen LogP contribution in [0.25, 0.3) is 0 Å². The first-order valence-electron chi connectivity index (χ1n) is 6.36. The van der Waals surface area contributed by atoms with E-state index in [-0.39, 0.29) is 5.82 Å². The monoisotopic (exact) mass is 292 g/mol. The summed E-state index contributed by atoms with van der Waals surface area (Å²) in [5, 5.41) is 3.18. The molecule has 0 bridgehead atoms. The molecule has 0 spiro atoms. The standard InChI is InChI=1S/C15H17FN2OS/c1-19-10-9-18-11-13-14(16)3-2-4-15(13)20-12-5-7-17-8-6-12/h2-8,18H,9-11H2,1H3. The van der Waals surface area contributed by atoms with E-state index in [0.717, 1.165) is 9.79 Å². The van der Waals surface area contributed by atoms with Crippen LogP contribution in [0, 0.1) is 5.82 Å². The maximum absolute atomic E-state index is 14.0. The summed E-state index contributed by atoms with van der Waals surface area (Å²) in [7, 11) is 1.65. The minimum absolute atomic E-state index is 0.186. The molecule has 2 rings (SSSR count). The van der Waals surface area contributed by atoms with E-state index >= 15 is 0 Å². The van der Waals surface area contributed by atoms with Gasteiger partial charge in [-0.3, -0.25) is 4.98 Å². The molecule has 5 heteroatoms. The summed E-state index contributed by atoms with van der Waals surface area (Å²) in [6.07, 6.45) is 3.47. The molecule has 3 nitrogen and oxygen atoms in total. The van der Waals surface area contributed by atoms with Gasteiger partial charge in [0.2, 0.25) is 0 Å². The van der Waals surface area contributed by atoms with E-state index in [4.69, 9.17) is 4.74 Å². The fraction of sp³-hybridized carbons (Fsp3) is 0.267. The van der Waals surface area contributed by atoms with E-state index in [1.54, 1.807) is 37.3 Å². The second-order valence-corrected chi connectivity index (χ2v) is 5.29. The summed E-state index contributed by atoms with van der Waals surface area (Å²) < 4.78 is 18.9. The minimum Gasteiger partial charge on any atom is -0.383 e. The van der Waals surface area contributed by atoms with E-state index < -0.39 is 0 Å². The summed E-state index contributed by atoms with van der Waals surface area (Å²) >= 11 is 1.54. The SMILES string of the molecule is COCCNCc1c(F)cccc1Sc1ccncc1. The lowest BCUT2D eigenvalue weighted by molar-refractivity contribution is 0.199. The van der Waals surface area contributed by atoms with Crippen molar-refractivity contribution >= 4 is 11.8 Å². The number of nitrogens with zero attached hydrogens (tertiary/aromatic N) is 1. The second-order valence-electron chi connectivity index (χ2n) is 4.17. The Bertz CT molecular complexity index is 537. The van der Waals surface area contributed by atoms with Crippen molar-refractivity contribution in [2.45, 2.75) is 16.3 Å². The summed E-state index contributed by atoms with van der Waals surface area (Å²) in [6.45, 7) is 1.80. The maximum atomic E-state index is 14.0. The Labute approximate surface area is 122 Å². The molecule has 0 fully saturated rings. The van der Waals surface area contributed by atoms with Crippen LogP contribution in [0.4, 0.5) is 4.39 Å². The number of ether oxygens (including phenoxy) is 1. The zero-order chi connectivity index (χ0) is 14.2. The van der Waals surface area contributed by atoms with Gasteiger partial charge in [-0.25, -0.2) is 4.39 Å². The molecular formula is C15H17FN2OS. The lowest BCUT2D eigenvalue weighted by atomic mass is 10.2. The Morgan fingerprint density at radius 3 is 2.80 bits per heavy atom. The number of aromatic nitrogens is 1. The molecule has 0 aliphatic carbocycles. The van der Waals surface area contributed by atoms with Gasteiger partial charge >= 0.3 is 0 Å². The van der Waals surface area contributed by atoms with E-state index in [1.807, 2.05) is 18.2 Å². The van der Waals surface area contributed by atoms with Gasteiger partial charge in [0.15, 0.2) is 0 Å². The number of hydrogen-bond donors (Lipinski definition) is 1. The summed E-state index contributed by atoms with van der Waals surface area (Å²) in [5.41, 5.74) is 0.686. The van der Waals surface area contributed by atoms with E-state index in [9.17, 15) is 4.39 Å². The van der Waals surface area contributed by atoms with Crippen molar-refractivity contribution in [3.05, 3.63) is 54.1 Å². The van der Waals surface area contributed by atoms with Gasteiger partial charge in [0.1, 0.15) is 5.82 Å². The van der Waals surface area contributed by atoms with Crippen LogP contribution in [-0.2, 0) is 11.3 Å². The smallest absolute Gasteiger partial charge is 0.128 e. The van der Waals surface area contributed by atoms with Gasteiger partial charge in [0.25, 0.3) is 0 Å². The minimum atomic E-state index is -0.186. The molecule has 0 aliphatic rings. The number of nitrogens with one attached hydrogen (secondary N) is 1. The third kappa shape index (κ3) is 4.30. The van der Waals surface area contributed by atoms with Gasteiger partial charge < -0.3 is 10.1 Å². The van der Waals surface area contributed by atoms with Crippen molar-refractivity contribution < 1.29 is 9.13 Å². The molecule has 0 saturated heterocycles. The predicted molar refractivity (Wildman–Crippen MR) is 78.3 cm³/mol. The molecule has 1 aromatic carbocycles. The molecule has 1 N–H and O–H groups in total. The maximum Gasteiger partial charge on any atom is 0.128 e. The number of rotatable bonds is 7. The molecule has 106 valence electrons. The van der Waals surface area contributed by atoms with Crippen LogP contribution in [-0.4, -0.2) is 25.2 Å². The fourth-order valence-electron chi connectivity index (χ4n) is 1.73. The number of hydrogen-bond acceptors (Lipinski definition) is 4. The average molecular weight is 292 g/mol. The Morgan fingerprint density at radius 1 is 1.25 bits per heavy atom. The largest absolute Gasteiger partial charge is 0.383 e. The zero-order valence-electron chi connectivity index (χ0n) is 11.3. The second kappa shape index (κ2) is 7.99. The van der Waals surface area contributed by atoms with Crippen LogP contribution >= 0.6 is 11.8 Å². The lowest BCUT2D eigenvalue weighted by Gasteiger charge is -2.11. The van der Waals surface area contributed by atoms with E-state index in [1.165, 1.54) is 6.07 Å². The van der Waals surface area contributed by atoms with Crippen LogP contribution in [0.3, 0.4) is 0 Å². The number of methoxy groups -OCH3 is 1. The first-order valence-corrected chi connectivity index (χ1v) is 7.18. The van der Waals surface area contributed by atoms with Gasteiger partial charge in [-0.05, 0) is 24.3 Å². The molecule has 2 aromatic rings. The van der Waals surface area contributed by atoms with Gasteiger partial charge in [-0.1, -0.05) is 17.8 Å². The van der Waals surface area contributed by atoms with Crippen LogP contribution in [0.1, 0.15) is 5.56 Å². The molecule has 1 aromatic heterocycles. The van der Waals surface area contributed by atoms with Crippen LogP contribution in [0.15, 0.2) is 52.5 Å². The summed E-state index contributed by atoms with van der Waals surface area (Å²) in [5.74, 6) is -0.186. The van der Waals surface area contributed by atoms with Gasteiger partial charge in [-0.15, -0.1) is 0 Å². The molecule has 20 heavy (non-hydrogen) atoms. The molecule has 0 unspecified atom stereocenters. The Kier molecular flexibility index (Phi) is 5.98. The molecule has 0 aliphatic heterocycles. The third-order valence-corrected chi connectivity index (χ3v) is 3.85. The Morgan fingerprint density at radius 2 is 2.05 bits per heavy atom. The number of pyridine rings is 1. The normalized spacial score (nSPS) is 10.7. The zero-order valence-corrected chi connectivity index (χ0v) is 12.1. The van der Waals surface area contributed by atoms with Crippen molar-refractivity contribution in [1.82, 2.24) is 10.3 Å². The first-order chi connectivity index (χ1) is 9.81. The van der Waals surface area contributed by atoms with Crippen LogP contribution in [0.2, 0.25) is 0 Å². The first kappa shape index (κ1) is 15.0. The van der Waals surface area contributed by atoms with E-state index in [2.05, 4.69) is 10.3 Å². The van der Waals surface area contributed by atoms with Crippen LogP contribution < -0.4 is 5.32 Å². The van der Waals surface area contributed by atoms with Gasteiger partial charge in [-0.2, -0.15) is 0 Å². The molecule has 1 heterocycles. The highest BCUT2D eigenvalue weighted by Crippen LogP contribution is 2.31. The van der Waals surface area contributed by atoms with E-state index in [0.29, 0.717) is 25.3 Å². The topological polar surface area (TPSA) is 34.1 Å². The van der Waals surface area contributed by atoms with Gasteiger partial charge in [0.05, 0.1) is 6.61 Å². The highest BCUT2D eigenvalue weighted by atomic mass is 32.2. The Hall–Kier alpha value is -1.43. The third-order valence-electron chi connectivity index (χ3n) is 2.74. The molecule has 0 radical (unpaired) electrons. The molecule has 0 atom stereocenters. The van der Waals surface area contributed by atoms with Gasteiger partial charge in [0, 0.05) is 47.9 Å². The molecular weight excluding hydrogens is 275 g/mol.